The topological polar surface area (TPSA) is 157 Å². The first kappa shape index (κ1) is 45.9. The molecule has 9 rings (SSSR count). The molecule has 0 spiro atoms. The number of fused-ring (bicyclic) bond motifs is 2. The van der Waals surface area contributed by atoms with Gasteiger partial charge in [-0.25, -0.2) is 4.98 Å². The first-order chi connectivity index (χ1) is 31.8. The molecule has 0 radical (unpaired) electrons. The lowest BCUT2D eigenvalue weighted by Crippen LogP contribution is -2.53. The number of hydrogen-bond donors (Lipinski definition) is 3. The number of rotatable bonds is 14. The van der Waals surface area contributed by atoms with Gasteiger partial charge < -0.3 is 39.4 Å². The highest BCUT2D eigenvalue weighted by atomic mass is 79.9. The average molecular weight is 980 g/mol. The van der Waals surface area contributed by atoms with Gasteiger partial charge in [-0.1, -0.05) is 19.1 Å². The maximum Gasteiger partial charge on any atom is 0.249 e. The number of benzene rings is 3. The summed E-state index contributed by atoms with van der Waals surface area (Å²) >= 11 is 3.64. The van der Waals surface area contributed by atoms with Crippen LogP contribution in [-0.4, -0.2) is 121 Å². The number of aromatic nitrogens is 3. The van der Waals surface area contributed by atoms with Crippen LogP contribution in [0.5, 0.6) is 11.5 Å². The molecule has 15 nitrogen and oxygen atoms in total. The zero-order valence-electron chi connectivity index (χ0n) is 38.5. The fourth-order valence-corrected chi connectivity index (χ4v) is 11.7. The van der Waals surface area contributed by atoms with E-state index in [0.29, 0.717) is 54.1 Å². The van der Waals surface area contributed by atoms with Crippen LogP contribution in [0.1, 0.15) is 56.4 Å². The third-order valence-electron chi connectivity index (χ3n) is 13.4. The molecule has 0 saturated carbocycles. The molecule has 4 aliphatic rings. The Hall–Kier alpha value is -5.28. The summed E-state index contributed by atoms with van der Waals surface area (Å²) in [6.45, 7) is 17.8. The quantitative estimate of drug-likeness (QED) is 0.0739. The molecule has 1 unspecified atom stereocenters. The Morgan fingerprint density at radius 1 is 0.909 bits per heavy atom. The number of carbonyl (C=O) groups is 2. The van der Waals surface area contributed by atoms with E-state index >= 15 is 0 Å². The Labute approximate surface area is 395 Å². The molecular weight excluding hydrogens is 919 g/mol. The highest BCUT2D eigenvalue weighted by Gasteiger charge is 2.36. The van der Waals surface area contributed by atoms with Crippen LogP contribution in [0.4, 0.5) is 34.5 Å². The summed E-state index contributed by atoms with van der Waals surface area (Å²) < 4.78 is 26.6. The van der Waals surface area contributed by atoms with Gasteiger partial charge in [0.1, 0.15) is 30.5 Å². The van der Waals surface area contributed by atoms with Crippen molar-refractivity contribution in [3.8, 4) is 11.5 Å². The number of halogens is 1. The minimum absolute atomic E-state index is 0.207. The van der Waals surface area contributed by atoms with Crippen LogP contribution in [0.15, 0.2) is 65.3 Å². The molecule has 3 fully saturated rings. The van der Waals surface area contributed by atoms with E-state index in [9.17, 15) is 14.2 Å². The normalized spacial score (nSPS) is 18.6. The number of nitrogens with one attached hydrogen (secondary N) is 3. The molecule has 17 heteroatoms. The van der Waals surface area contributed by atoms with Gasteiger partial charge in [-0.15, -0.1) is 0 Å². The van der Waals surface area contributed by atoms with Crippen molar-refractivity contribution >= 4 is 85.6 Å². The first-order valence-corrected chi connectivity index (χ1v) is 26.6. The predicted octanol–water partition coefficient (Wildman–Crippen LogP) is 7.58. The second-order valence-corrected chi connectivity index (χ2v) is 22.1. The van der Waals surface area contributed by atoms with Crippen molar-refractivity contribution in [2.45, 2.75) is 71.4 Å². The number of anilines is 6. The summed E-state index contributed by atoms with van der Waals surface area (Å²) in [7, 11) is -2.73. The minimum atomic E-state index is -2.73. The lowest BCUT2D eigenvalue weighted by molar-refractivity contribution is -0.134. The summed E-state index contributed by atoms with van der Waals surface area (Å²) in [6.07, 6.45) is 6.59. The number of nitrogens with zero attached hydrogens (tertiary/aromatic N) is 7. The van der Waals surface area contributed by atoms with Crippen molar-refractivity contribution < 1.29 is 23.6 Å². The number of pyridine rings is 1. The fraction of sp³-hybridized carbons (Fsp3) is 0.449. The minimum Gasteiger partial charge on any atom is -0.492 e. The molecule has 3 aromatic carbocycles. The van der Waals surface area contributed by atoms with Crippen LogP contribution in [-0.2, 0) is 27.0 Å². The summed E-state index contributed by atoms with van der Waals surface area (Å²) in [5, 5.41) is 11.0. The zero-order chi connectivity index (χ0) is 46.1. The molecule has 3 N–H and O–H groups in total. The molecule has 3 saturated heterocycles. The van der Waals surface area contributed by atoms with E-state index in [1.807, 2.05) is 43.0 Å². The van der Waals surface area contributed by atoms with Gasteiger partial charge in [-0.2, -0.15) is 4.98 Å². The predicted molar refractivity (Wildman–Crippen MR) is 266 cm³/mol. The fourth-order valence-electron chi connectivity index (χ4n) is 9.92. The maximum absolute atomic E-state index is 13.7. The van der Waals surface area contributed by atoms with E-state index < -0.39 is 7.14 Å². The monoisotopic (exact) mass is 978 g/mol. The van der Waals surface area contributed by atoms with E-state index in [0.717, 1.165) is 116 Å². The molecule has 2 amide bonds. The van der Waals surface area contributed by atoms with Crippen LogP contribution >= 0.6 is 23.1 Å². The van der Waals surface area contributed by atoms with Crippen LogP contribution in [0.3, 0.4) is 0 Å². The van der Waals surface area contributed by atoms with Crippen LogP contribution in [0, 0.1) is 6.92 Å². The van der Waals surface area contributed by atoms with Gasteiger partial charge in [0, 0.05) is 92.6 Å². The molecule has 66 heavy (non-hydrogen) atoms. The molecule has 2 aromatic heterocycles. The molecule has 348 valence electrons. The third-order valence-corrected chi connectivity index (χ3v) is 15.5. The van der Waals surface area contributed by atoms with Gasteiger partial charge in [0.25, 0.3) is 0 Å². The second-order valence-electron chi connectivity index (χ2n) is 18.1. The maximum atomic E-state index is 13.7. The van der Waals surface area contributed by atoms with Gasteiger partial charge in [-0.3, -0.25) is 24.8 Å². The zero-order valence-corrected chi connectivity index (χ0v) is 41.0. The highest BCUT2D eigenvalue weighted by Crippen LogP contribution is 2.43. The molecule has 5 aromatic rings. The average Bonchev–Trinajstić information content (AvgIpc) is 3.72. The van der Waals surface area contributed by atoms with Gasteiger partial charge in [-0.05, 0) is 123 Å². The number of carbonyl (C=O) groups excluding carboxylic acids is 2. The number of imide groups is 1. The summed E-state index contributed by atoms with van der Waals surface area (Å²) in [5.74, 6) is 2.07. The number of piperidine rings is 2. The lowest BCUT2D eigenvalue weighted by Gasteiger charge is -2.43. The van der Waals surface area contributed by atoms with Gasteiger partial charge in [0.05, 0.1) is 33.7 Å². The standard InChI is InChI=1S/C49H60BrN10O5P/c1-6-33-27-39(54-49-51-29-36(50)47(56-49)53-38-12-11-37-35(10-8-31(3)52-37)46(38)66(4,5)63)43(64-7-2)28-42(33)59-20-17-34(18-21-59)58-24-22-57(23-25-58)19-16-32-9-13-40-44(26-32)65-30-60(40)41-14-15-45(61)55-48(41)62/h8-13,26-29,34,41H,6-7,14-25,30H2,1-5H3,(H,55,61,62)(H2,51,53,54,56). The summed E-state index contributed by atoms with van der Waals surface area (Å²) in [6, 6.07) is 18.7. The number of ether oxygens (including phenoxy) is 2. The van der Waals surface area contributed by atoms with E-state index in [1.165, 1.54) is 16.8 Å². The van der Waals surface area contributed by atoms with Crippen LogP contribution in [0.25, 0.3) is 10.9 Å². The van der Waals surface area contributed by atoms with Gasteiger partial charge in [0.15, 0.2) is 6.73 Å². The number of piperazine rings is 1. The number of aryl methyl sites for hydroxylation is 2. The van der Waals surface area contributed by atoms with Crippen molar-refractivity contribution in [1.82, 2.24) is 30.1 Å². The summed E-state index contributed by atoms with van der Waals surface area (Å²) in [4.78, 5) is 48.1. The largest absolute Gasteiger partial charge is 0.492 e. The van der Waals surface area contributed by atoms with Crippen LogP contribution < -0.4 is 40.5 Å². The third kappa shape index (κ3) is 9.88. The SMILES string of the molecule is CCOc1cc(N2CCC(N3CCN(CCc4ccc5c(c4)OCN5C4CCC(=O)NC4=O)CC3)CC2)c(CC)cc1Nc1ncc(Br)c(Nc2ccc3nc(C)ccc3c2P(C)(C)=O)n1. The second kappa shape index (κ2) is 19.5. The summed E-state index contributed by atoms with van der Waals surface area (Å²) in [5.41, 5.74) is 7.83. The molecule has 0 bridgehead atoms. The Morgan fingerprint density at radius 2 is 1.71 bits per heavy atom. The Morgan fingerprint density at radius 3 is 2.45 bits per heavy atom. The number of amides is 2. The van der Waals surface area contributed by atoms with E-state index in [1.54, 1.807) is 19.5 Å². The Balaban J connectivity index is 0.802. The Bertz CT molecular complexity index is 2680. The van der Waals surface area contributed by atoms with E-state index in [4.69, 9.17) is 14.5 Å². The Kier molecular flexibility index (Phi) is 13.6. The lowest BCUT2D eigenvalue weighted by atomic mass is 9.99. The molecule has 6 heterocycles. The molecule has 4 aliphatic heterocycles. The molecule has 1 atom stereocenters. The smallest absolute Gasteiger partial charge is 0.249 e. The molecule has 0 aliphatic carbocycles. The first-order valence-electron chi connectivity index (χ1n) is 23.2. The van der Waals surface area contributed by atoms with E-state index in [-0.39, 0.29) is 17.9 Å². The van der Waals surface area contributed by atoms with E-state index in [2.05, 4.69) is 93.8 Å². The van der Waals surface area contributed by atoms with Crippen molar-refractivity contribution in [2.75, 3.05) is 92.9 Å². The molecular formula is C49H60BrN10O5P. The van der Waals surface area contributed by atoms with Crippen molar-refractivity contribution in [2.24, 2.45) is 0 Å². The van der Waals surface area contributed by atoms with Gasteiger partial charge >= 0.3 is 0 Å². The highest BCUT2D eigenvalue weighted by molar-refractivity contribution is 9.10. The van der Waals surface area contributed by atoms with Crippen LogP contribution in [0.2, 0.25) is 0 Å². The van der Waals surface area contributed by atoms with Gasteiger partial charge in [0.2, 0.25) is 17.8 Å². The van der Waals surface area contributed by atoms with Crippen molar-refractivity contribution in [1.29, 1.82) is 0 Å². The number of hydrogen-bond acceptors (Lipinski definition) is 14. The van der Waals surface area contributed by atoms with Crippen molar-refractivity contribution in [3.05, 3.63) is 82.1 Å². The van der Waals surface area contributed by atoms with Crippen molar-refractivity contribution in [3.63, 3.8) is 0 Å².